The Hall–Kier alpha value is -1.59. The van der Waals surface area contributed by atoms with Crippen LogP contribution in [0.4, 0.5) is 4.79 Å². The Morgan fingerprint density at radius 2 is 2.00 bits per heavy atom. The molecule has 5 nitrogen and oxygen atoms in total. The van der Waals surface area contributed by atoms with Gasteiger partial charge in [-0.1, -0.05) is 30.3 Å². The van der Waals surface area contributed by atoms with Gasteiger partial charge >= 0.3 is 6.03 Å². The van der Waals surface area contributed by atoms with Crippen LogP contribution in [0.1, 0.15) is 37.3 Å². The molecule has 138 valence electrons. The van der Waals surface area contributed by atoms with Gasteiger partial charge in [-0.15, -0.1) is 0 Å². The SMILES string of the molecule is CN1CCC(CN(C)C(=O)N[C@H](c2ccccc2)[C@H]2CCCO2)CC1. The molecule has 2 saturated heterocycles. The molecule has 0 bridgehead atoms. The van der Waals surface area contributed by atoms with E-state index >= 15 is 0 Å². The number of ether oxygens (including phenoxy) is 1. The molecule has 2 fully saturated rings. The molecule has 0 spiro atoms. The first-order valence-electron chi connectivity index (χ1n) is 9.50. The molecule has 1 aromatic carbocycles. The molecule has 1 aromatic rings. The van der Waals surface area contributed by atoms with Gasteiger partial charge < -0.3 is 19.9 Å². The first-order chi connectivity index (χ1) is 12.1. The van der Waals surface area contributed by atoms with Crippen LogP contribution in [0.25, 0.3) is 0 Å². The number of urea groups is 1. The number of hydrogen-bond acceptors (Lipinski definition) is 3. The molecule has 2 heterocycles. The molecule has 3 rings (SSSR count). The number of carbonyl (C=O) groups is 1. The number of piperidine rings is 1. The van der Waals surface area contributed by atoms with Crippen LogP contribution in [0, 0.1) is 5.92 Å². The molecule has 25 heavy (non-hydrogen) atoms. The third kappa shape index (κ3) is 4.95. The molecule has 5 heteroatoms. The van der Waals surface area contributed by atoms with E-state index in [0.29, 0.717) is 5.92 Å². The monoisotopic (exact) mass is 345 g/mol. The average molecular weight is 345 g/mol. The molecule has 0 aromatic heterocycles. The van der Waals surface area contributed by atoms with E-state index in [-0.39, 0.29) is 18.2 Å². The highest BCUT2D eigenvalue weighted by molar-refractivity contribution is 5.74. The van der Waals surface area contributed by atoms with Crippen molar-refractivity contribution in [3.05, 3.63) is 35.9 Å². The molecule has 2 aliphatic rings. The Bertz CT molecular complexity index is 537. The smallest absolute Gasteiger partial charge is 0.317 e. The second kappa shape index (κ2) is 8.68. The number of hydrogen-bond donors (Lipinski definition) is 1. The Labute approximate surface area is 151 Å². The lowest BCUT2D eigenvalue weighted by atomic mass is 9.96. The minimum Gasteiger partial charge on any atom is -0.376 e. The Morgan fingerprint density at radius 1 is 1.28 bits per heavy atom. The van der Waals surface area contributed by atoms with Crippen molar-refractivity contribution in [1.29, 1.82) is 0 Å². The van der Waals surface area contributed by atoms with Crippen molar-refractivity contribution in [2.45, 2.75) is 37.8 Å². The molecule has 0 aliphatic carbocycles. The molecule has 2 atom stereocenters. The summed E-state index contributed by atoms with van der Waals surface area (Å²) in [6.07, 6.45) is 4.47. The Kier molecular flexibility index (Phi) is 6.32. The topological polar surface area (TPSA) is 44.8 Å². The van der Waals surface area contributed by atoms with E-state index in [4.69, 9.17) is 4.74 Å². The summed E-state index contributed by atoms with van der Waals surface area (Å²) in [6, 6.07) is 10.1. The van der Waals surface area contributed by atoms with Crippen LogP contribution in [0.5, 0.6) is 0 Å². The third-order valence-corrected chi connectivity index (χ3v) is 5.49. The van der Waals surface area contributed by atoms with Gasteiger partial charge in [-0.25, -0.2) is 4.79 Å². The second-order valence-corrected chi connectivity index (χ2v) is 7.52. The number of rotatable bonds is 5. The summed E-state index contributed by atoms with van der Waals surface area (Å²) >= 11 is 0. The third-order valence-electron chi connectivity index (χ3n) is 5.49. The van der Waals surface area contributed by atoms with E-state index in [0.717, 1.165) is 44.6 Å². The van der Waals surface area contributed by atoms with E-state index in [2.05, 4.69) is 29.4 Å². The first kappa shape index (κ1) is 18.2. The van der Waals surface area contributed by atoms with E-state index in [9.17, 15) is 4.79 Å². The maximum absolute atomic E-state index is 12.8. The van der Waals surface area contributed by atoms with Crippen LogP contribution < -0.4 is 5.32 Å². The van der Waals surface area contributed by atoms with Crippen molar-refractivity contribution in [3.8, 4) is 0 Å². The van der Waals surface area contributed by atoms with E-state index in [1.807, 2.05) is 30.1 Å². The Balaban J connectivity index is 1.59. The van der Waals surface area contributed by atoms with Gasteiger partial charge in [0.05, 0.1) is 12.1 Å². The minimum atomic E-state index is -0.0730. The summed E-state index contributed by atoms with van der Waals surface area (Å²) in [7, 11) is 4.07. The number of benzene rings is 1. The lowest BCUT2D eigenvalue weighted by molar-refractivity contribution is 0.0778. The van der Waals surface area contributed by atoms with Crippen molar-refractivity contribution in [1.82, 2.24) is 15.1 Å². The van der Waals surface area contributed by atoms with Crippen LogP contribution in [0.3, 0.4) is 0 Å². The molecule has 0 unspecified atom stereocenters. The van der Waals surface area contributed by atoms with Crippen molar-refractivity contribution in [2.24, 2.45) is 5.92 Å². The lowest BCUT2D eigenvalue weighted by Crippen LogP contribution is -2.45. The summed E-state index contributed by atoms with van der Waals surface area (Å²) < 4.78 is 5.87. The van der Waals surface area contributed by atoms with E-state index in [1.165, 1.54) is 12.8 Å². The molecule has 0 radical (unpaired) electrons. The van der Waals surface area contributed by atoms with Crippen molar-refractivity contribution in [3.63, 3.8) is 0 Å². The maximum atomic E-state index is 12.8. The summed E-state index contributed by atoms with van der Waals surface area (Å²) in [5, 5.41) is 3.22. The molecule has 1 N–H and O–H groups in total. The van der Waals surface area contributed by atoms with Crippen molar-refractivity contribution < 1.29 is 9.53 Å². The van der Waals surface area contributed by atoms with Gasteiger partial charge in [0.25, 0.3) is 0 Å². The summed E-state index contributed by atoms with van der Waals surface area (Å²) in [5.41, 5.74) is 1.12. The van der Waals surface area contributed by atoms with Gasteiger partial charge in [0.15, 0.2) is 0 Å². The average Bonchev–Trinajstić information content (AvgIpc) is 3.16. The van der Waals surface area contributed by atoms with Gasteiger partial charge in [0.1, 0.15) is 0 Å². The molecular formula is C20H31N3O2. The van der Waals surface area contributed by atoms with Gasteiger partial charge in [-0.05, 0) is 57.3 Å². The number of nitrogens with zero attached hydrogens (tertiary/aromatic N) is 2. The van der Waals surface area contributed by atoms with Crippen LogP contribution in [-0.2, 0) is 4.74 Å². The highest BCUT2D eigenvalue weighted by atomic mass is 16.5. The number of amides is 2. The van der Waals surface area contributed by atoms with E-state index < -0.39 is 0 Å². The fraction of sp³-hybridized carbons (Fsp3) is 0.650. The maximum Gasteiger partial charge on any atom is 0.317 e. The summed E-state index contributed by atoms with van der Waals surface area (Å²) in [6.45, 7) is 3.87. The fourth-order valence-corrected chi connectivity index (χ4v) is 3.87. The van der Waals surface area contributed by atoms with Gasteiger partial charge in [-0.2, -0.15) is 0 Å². The van der Waals surface area contributed by atoms with Crippen LogP contribution in [0.15, 0.2) is 30.3 Å². The number of likely N-dealkylation sites (tertiary alicyclic amines) is 1. The van der Waals surface area contributed by atoms with Crippen molar-refractivity contribution >= 4 is 6.03 Å². The zero-order valence-corrected chi connectivity index (χ0v) is 15.5. The van der Waals surface area contributed by atoms with Gasteiger partial charge in [0.2, 0.25) is 0 Å². The molecule has 2 amide bonds. The quantitative estimate of drug-likeness (QED) is 0.892. The van der Waals surface area contributed by atoms with E-state index in [1.54, 1.807) is 0 Å². The standard InChI is InChI=1S/C20H31N3O2/c1-22-12-10-16(11-13-22)15-23(2)20(24)21-19(18-9-6-14-25-18)17-7-4-3-5-8-17/h3-5,7-8,16,18-19H,6,9-15H2,1-2H3,(H,21,24)/t18-,19-/m1/s1. The minimum absolute atomic E-state index is 0.00304. The molecule has 0 saturated carbocycles. The molecule has 2 aliphatic heterocycles. The zero-order chi connectivity index (χ0) is 17.6. The van der Waals surface area contributed by atoms with Crippen LogP contribution in [-0.4, -0.2) is 62.3 Å². The van der Waals surface area contributed by atoms with Gasteiger partial charge in [0, 0.05) is 20.2 Å². The predicted molar refractivity (Wildman–Crippen MR) is 99.5 cm³/mol. The highest BCUT2D eigenvalue weighted by Gasteiger charge is 2.30. The largest absolute Gasteiger partial charge is 0.376 e. The predicted octanol–water partition coefficient (Wildman–Crippen LogP) is 2.89. The fourth-order valence-electron chi connectivity index (χ4n) is 3.87. The van der Waals surface area contributed by atoms with Crippen LogP contribution >= 0.6 is 0 Å². The molecular weight excluding hydrogens is 314 g/mol. The lowest BCUT2D eigenvalue weighted by Gasteiger charge is -2.33. The second-order valence-electron chi connectivity index (χ2n) is 7.52. The van der Waals surface area contributed by atoms with Crippen LogP contribution in [0.2, 0.25) is 0 Å². The summed E-state index contributed by atoms with van der Waals surface area (Å²) in [5.74, 6) is 0.602. The zero-order valence-electron chi connectivity index (χ0n) is 15.5. The number of carbonyl (C=O) groups excluding carboxylic acids is 1. The number of nitrogens with one attached hydrogen (secondary N) is 1. The normalized spacial score (nSPS) is 23.4. The first-order valence-corrected chi connectivity index (χ1v) is 9.50. The summed E-state index contributed by atoms with van der Waals surface area (Å²) in [4.78, 5) is 17.0. The Morgan fingerprint density at radius 3 is 2.64 bits per heavy atom. The highest BCUT2D eigenvalue weighted by Crippen LogP contribution is 2.27. The van der Waals surface area contributed by atoms with Crippen molar-refractivity contribution in [2.75, 3.05) is 40.3 Å². The van der Waals surface area contributed by atoms with Gasteiger partial charge in [-0.3, -0.25) is 0 Å².